The molecule has 0 saturated heterocycles. The van der Waals surface area contributed by atoms with Gasteiger partial charge in [0.2, 0.25) is 5.91 Å². The molecule has 29 heavy (non-hydrogen) atoms. The molecular formula is C22H24N4O3. The maximum atomic E-state index is 12.8. The Kier molecular flexibility index (Phi) is 5.61. The lowest BCUT2D eigenvalue weighted by Crippen LogP contribution is -2.50. The van der Waals surface area contributed by atoms with E-state index in [1.807, 2.05) is 12.1 Å². The van der Waals surface area contributed by atoms with Gasteiger partial charge in [-0.15, -0.1) is 0 Å². The van der Waals surface area contributed by atoms with E-state index in [4.69, 9.17) is 4.42 Å². The zero-order valence-electron chi connectivity index (χ0n) is 16.1. The Morgan fingerprint density at radius 1 is 1.14 bits per heavy atom. The summed E-state index contributed by atoms with van der Waals surface area (Å²) in [6, 6.07) is 8.68. The van der Waals surface area contributed by atoms with E-state index in [-0.39, 0.29) is 29.7 Å². The largest absolute Gasteiger partial charge is 0.444 e. The molecule has 7 heteroatoms. The highest BCUT2D eigenvalue weighted by atomic mass is 16.3. The first-order valence-electron chi connectivity index (χ1n) is 10.2. The third-order valence-electron chi connectivity index (χ3n) is 5.81. The van der Waals surface area contributed by atoms with Gasteiger partial charge < -0.3 is 15.1 Å². The van der Waals surface area contributed by atoms with Gasteiger partial charge in [-0.25, -0.2) is 4.98 Å². The number of rotatable bonds is 6. The molecule has 1 heterocycles. The van der Waals surface area contributed by atoms with Crippen LogP contribution in [0.25, 0.3) is 11.3 Å². The summed E-state index contributed by atoms with van der Waals surface area (Å²) in [7, 11) is 0. The molecule has 2 saturated carbocycles. The van der Waals surface area contributed by atoms with Gasteiger partial charge in [-0.2, -0.15) is 5.26 Å². The normalized spacial score (nSPS) is 22.3. The van der Waals surface area contributed by atoms with Crippen molar-refractivity contribution in [1.82, 2.24) is 15.6 Å². The monoisotopic (exact) mass is 392 g/mol. The molecule has 2 aliphatic rings. The molecule has 4 rings (SSSR count). The predicted octanol–water partition coefficient (Wildman–Crippen LogP) is 3.05. The Morgan fingerprint density at radius 2 is 1.90 bits per heavy atom. The second-order valence-electron chi connectivity index (χ2n) is 7.87. The van der Waals surface area contributed by atoms with Crippen molar-refractivity contribution >= 4 is 11.8 Å². The second-order valence-corrected chi connectivity index (χ2v) is 7.87. The highest BCUT2D eigenvalue weighted by molar-refractivity contribution is 5.95. The van der Waals surface area contributed by atoms with Gasteiger partial charge in [0.25, 0.3) is 5.91 Å². The summed E-state index contributed by atoms with van der Waals surface area (Å²) >= 11 is 0. The Bertz CT molecular complexity index is 897. The summed E-state index contributed by atoms with van der Waals surface area (Å²) in [5, 5.41) is 15.2. The maximum Gasteiger partial charge on any atom is 0.251 e. The second kappa shape index (κ2) is 8.48. The molecule has 1 aromatic carbocycles. The van der Waals surface area contributed by atoms with E-state index in [0.29, 0.717) is 11.3 Å². The number of oxazole rings is 1. The number of carbonyl (C=O) groups is 2. The Balaban J connectivity index is 1.40. The molecule has 3 atom stereocenters. The number of hydrogen-bond acceptors (Lipinski definition) is 5. The van der Waals surface area contributed by atoms with Gasteiger partial charge in [-0.3, -0.25) is 9.59 Å². The Labute approximate surface area is 169 Å². The first kappa shape index (κ1) is 19.2. The zero-order valence-corrected chi connectivity index (χ0v) is 16.1. The van der Waals surface area contributed by atoms with Gasteiger partial charge in [0.05, 0.1) is 18.2 Å². The smallest absolute Gasteiger partial charge is 0.251 e. The van der Waals surface area contributed by atoms with Gasteiger partial charge >= 0.3 is 0 Å². The number of amides is 2. The minimum atomic E-state index is -0.413. The van der Waals surface area contributed by atoms with Crippen molar-refractivity contribution in [2.75, 3.05) is 0 Å². The minimum Gasteiger partial charge on any atom is -0.444 e. The van der Waals surface area contributed by atoms with Crippen molar-refractivity contribution in [3.8, 4) is 17.4 Å². The van der Waals surface area contributed by atoms with Gasteiger partial charge in [0, 0.05) is 17.2 Å². The number of nitrogens with zero attached hydrogens (tertiary/aromatic N) is 2. The van der Waals surface area contributed by atoms with Crippen LogP contribution < -0.4 is 10.6 Å². The van der Waals surface area contributed by atoms with Crippen LogP contribution in [0, 0.1) is 23.2 Å². The molecule has 2 fully saturated rings. The van der Waals surface area contributed by atoms with Gasteiger partial charge in [0.15, 0.2) is 12.2 Å². The topological polar surface area (TPSA) is 108 Å². The fourth-order valence-electron chi connectivity index (χ4n) is 3.96. The molecule has 150 valence electrons. The lowest BCUT2D eigenvalue weighted by molar-refractivity contribution is -0.127. The Hall–Kier alpha value is -3.14. The van der Waals surface area contributed by atoms with Crippen molar-refractivity contribution in [3.05, 3.63) is 42.4 Å². The lowest BCUT2D eigenvalue weighted by Gasteiger charge is -2.31. The fourth-order valence-corrected chi connectivity index (χ4v) is 3.96. The average Bonchev–Trinajstić information content (AvgIpc) is 3.45. The van der Waals surface area contributed by atoms with Gasteiger partial charge in [-0.1, -0.05) is 25.0 Å². The van der Waals surface area contributed by atoms with E-state index < -0.39 is 6.04 Å². The van der Waals surface area contributed by atoms with Crippen LogP contribution in [0.15, 0.2) is 41.3 Å². The maximum absolute atomic E-state index is 12.8. The van der Waals surface area contributed by atoms with E-state index >= 15 is 0 Å². The molecule has 0 spiro atoms. The molecule has 1 unspecified atom stereocenters. The Morgan fingerprint density at radius 3 is 2.55 bits per heavy atom. The number of nitrogens with one attached hydrogen (secondary N) is 2. The highest BCUT2D eigenvalue weighted by Crippen LogP contribution is 2.33. The van der Waals surface area contributed by atoms with Gasteiger partial charge in [-0.05, 0) is 43.7 Å². The first-order chi connectivity index (χ1) is 14.2. The molecule has 0 bridgehead atoms. The third-order valence-corrected chi connectivity index (χ3v) is 5.81. The minimum absolute atomic E-state index is 0.117. The third kappa shape index (κ3) is 4.48. The molecular weight excluding hydrogens is 368 g/mol. The molecule has 2 aliphatic carbocycles. The zero-order chi connectivity index (χ0) is 20.2. The van der Waals surface area contributed by atoms with Gasteiger partial charge in [0.1, 0.15) is 6.04 Å². The van der Waals surface area contributed by atoms with Crippen molar-refractivity contribution in [2.45, 2.75) is 50.6 Å². The predicted molar refractivity (Wildman–Crippen MR) is 105 cm³/mol. The number of nitriles is 1. The fraction of sp³-hybridized carbons (Fsp3) is 0.455. The first-order valence-corrected chi connectivity index (χ1v) is 10.2. The van der Waals surface area contributed by atoms with Crippen LogP contribution in [0.5, 0.6) is 0 Å². The van der Waals surface area contributed by atoms with Crippen molar-refractivity contribution in [3.63, 3.8) is 0 Å². The summed E-state index contributed by atoms with van der Waals surface area (Å²) in [5.41, 5.74) is 1.38. The van der Waals surface area contributed by atoms with Crippen LogP contribution in [0.1, 0.15) is 48.9 Å². The SMILES string of the molecule is N#CC(NC(=O)[C@@H]1CCCC[C@@H]1NC(=O)c1ccc(-c2cnco2)cc1)C1CC1. The van der Waals surface area contributed by atoms with Crippen molar-refractivity contribution in [1.29, 1.82) is 5.26 Å². The van der Waals surface area contributed by atoms with E-state index in [1.165, 1.54) is 6.39 Å². The number of carbonyl (C=O) groups excluding carboxylic acids is 2. The van der Waals surface area contributed by atoms with E-state index in [0.717, 1.165) is 44.1 Å². The standard InChI is InChI=1S/C22H24N4O3/c23-11-19(14-5-6-14)26-22(28)17-3-1-2-4-18(17)25-21(27)16-9-7-15(8-10-16)20-12-24-13-29-20/h7-10,12-14,17-19H,1-6H2,(H,25,27)(H,26,28)/t17-,18+,19?/m1/s1. The van der Waals surface area contributed by atoms with Crippen LogP contribution in [-0.4, -0.2) is 28.9 Å². The van der Waals surface area contributed by atoms with E-state index in [9.17, 15) is 14.9 Å². The average molecular weight is 392 g/mol. The summed E-state index contributed by atoms with van der Waals surface area (Å²) < 4.78 is 5.26. The molecule has 1 aromatic heterocycles. The molecule has 2 N–H and O–H groups in total. The molecule has 2 aromatic rings. The van der Waals surface area contributed by atoms with Crippen LogP contribution in [0.2, 0.25) is 0 Å². The summed E-state index contributed by atoms with van der Waals surface area (Å²) in [6.07, 6.45) is 8.40. The molecule has 0 radical (unpaired) electrons. The summed E-state index contributed by atoms with van der Waals surface area (Å²) in [5.74, 6) is 0.315. The number of aromatic nitrogens is 1. The van der Waals surface area contributed by atoms with Crippen LogP contribution >= 0.6 is 0 Å². The van der Waals surface area contributed by atoms with Crippen LogP contribution in [0.4, 0.5) is 0 Å². The molecule has 2 amide bonds. The summed E-state index contributed by atoms with van der Waals surface area (Å²) in [6.45, 7) is 0. The number of benzene rings is 1. The van der Waals surface area contributed by atoms with Crippen molar-refractivity contribution < 1.29 is 14.0 Å². The van der Waals surface area contributed by atoms with E-state index in [1.54, 1.807) is 18.3 Å². The summed E-state index contributed by atoms with van der Waals surface area (Å²) in [4.78, 5) is 29.4. The molecule has 0 aliphatic heterocycles. The lowest BCUT2D eigenvalue weighted by atomic mass is 9.83. The van der Waals surface area contributed by atoms with Crippen LogP contribution in [0.3, 0.4) is 0 Å². The quantitative estimate of drug-likeness (QED) is 0.785. The van der Waals surface area contributed by atoms with Crippen molar-refractivity contribution in [2.24, 2.45) is 11.8 Å². The highest BCUT2D eigenvalue weighted by Gasteiger charge is 2.37. The number of hydrogen-bond donors (Lipinski definition) is 2. The van der Waals surface area contributed by atoms with E-state index in [2.05, 4.69) is 21.7 Å². The van der Waals surface area contributed by atoms with Crippen LogP contribution in [-0.2, 0) is 4.79 Å². The molecule has 7 nitrogen and oxygen atoms in total.